The minimum absolute atomic E-state index is 0.0411. The Balaban J connectivity index is 3.45. The highest BCUT2D eigenvalue weighted by Gasteiger charge is 2.20. The van der Waals surface area contributed by atoms with Crippen molar-refractivity contribution in [3.63, 3.8) is 0 Å². The molecular formula is C15H22O. The van der Waals surface area contributed by atoms with Crippen molar-refractivity contribution in [2.45, 2.75) is 46.5 Å². The summed E-state index contributed by atoms with van der Waals surface area (Å²) in [5, 5.41) is 10.0. The maximum absolute atomic E-state index is 10.0. The van der Waals surface area contributed by atoms with Crippen molar-refractivity contribution in [2.75, 3.05) is 0 Å². The van der Waals surface area contributed by atoms with E-state index in [-0.39, 0.29) is 5.41 Å². The van der Waals surface area contributed by atoms with Crippen molar-refractivity contribution in [3.05, 3.63) is 35.4 Å². The molecule has 0 aromatic heterocycles. The van der Waals surface area contributed by atoms with Crippen LogP contribution in [0.3, 0.4) is 0 Å². The van der Waals surface area contributed by atoms with E-state index in [4.69, 9.17) is 0 Å². The first kappa shape index (κ1) is 12.8. The lowest BCUT2D eigenvalue weighted by molar-refractivity contribution is 0.446. The second-order valence-corrected chi connectivity index (χ2v) is 5.41. The number of aromatic hydroxyl groups is 1. The van der Waals surface area contributed by atoms with Crippen molar-refractivity contribution < 1.29 is 5.11 Å². The summed E-state index contributed by atoms with van der Waals surface area (Å²) in [5.41, 5.74) is 4.34. The Labute approximate surface area is 98.8 Å². The van der Waals surface area contributed by atoms with Gasteiger partial charge in [-0.05, 0) is 47.6 Å². The summed E-state index contributed by atoms with van der Waals surface area (Å²) in [7, 11) is 0. The standard InChI is InChI=1S/C15H22O/c1-7-11-8-14(16)13(15(4,5)6)9-12(11)10(2)3/h8-9,16H,2,7H2,1,3-6H3. The van der Waals surface area contributed by atoms with Gasteiger partial charge in [0.2, 0.25) is 0 Å². The molecular weight excluding hydrogens is 196 g/mol. The van der Waals surface area contributed by atoms with Gasteiger partial charge in [0.05, 0.1) is 0 Å². The fraction of sp³-hybridized carbons (Fsp3) is 0.467. The fourth-order valence-corrected chi connectivity index (χ4v) is 1.92. The van der Waals surface area contributed by atoms with E-state index in [2.05, 4.69) is 40.3 Å². The van der Waals surface area contributed by atoms with Crippen molar-refractivity contribution in [3.8, 4) is 5.75 Å². The SMILES string of the molecule is C=C(C)c1cc(C(C)(C)C)c(O)cc1CC. The molecule has 16 heavy (non-hydrogen) atoms. The van der Waals surface area contributed by atoms with Crippen LogP contribution in [-0.2, 0) is 11.8 Å². The molecule has 1 aromatic carbocycles. The van der Waals surface area contributed by atoms with E-state index in [1.165, 1.54) is 5.56 Å². The third-order valence-corrected chi connectivity index (χ3v) is 2.87. The minimum atomic E-state index is -0.0411. The van der Waals surface area contributed by atoms with Gasteiger partial charge < -0.3 is 5.11 Å². The van der Waals surface area contributed by atoms with Crippen LogP contribution in [-0.4, -0.2) is 5.11 Å². The Hall–Kier alpha value is -1.24. The van der Waals surface area contributed by atoms with E-state index in [1.807, 2.05) is 13.0 Å². The van der Waals surface area contributed by atoms with Crippen LogP contribution in [0.1, 0.15) is 51.3 Å². The molecule has 1 heteroatoms. The highest BCUT2D eigenvalue weighted by Crippen LogP contribution is 2.34. The Morgan fingerprint density at radius 3 is 2.25 bits per heavy atom. The van der Waals surface area contributed by atoms with Gasteiger partial charge >= 0.3 is 0 Å². The number of allylic oxidation sites excluding steroid dienone is 1. The summed E-state index contributed by atoms with van der Waals surface area (Å²) in [6, 6.07) is 3.96. The molecule has 1 N–H and O–H groups in total. The molecule has 1 nitrogen and oxygen atoms in total. The third kappa shape index (κ3) is 2.46. The molecule has 0 amide bonds. The summed E-state index contributed by atoms with van der Waals surface area (Å²) >= 11 is 0. The molecule has 0 saturated carbocycles. The van der Waals surface area contributed by atoms with E-state index < -0.39 is 0 Å². The van der Waals surface area contributed by atoms with E-state index in [9.17, 15) is 5.11 Å². The first-order valence-electron chi connectivity index (χ1n) is 5.79. The van der Waals surface area contributed by atoms with Gasteiger partial charge in [-0.3, -0.25) is 0 Å². The molecule has 88 valence electrons. The van der Waals surface area contributed by atoms with Crippen molar-refractivity contribution in [1.82, 2.24) is 0 Å². The molecule has 1 aromatic rings. The monoisotopic (exact) mass is 218 g/mol. The zero-order valence-corrected chi connectivity index (χ0v) is 11.0. The number of benzene rings is 1. The second-order valence-electron chi connectivity index (χ2n) is 5.41. The molecule has 1 rings (SSSR count). The summed E-state index contributed by atoms with van der Waals surface area (Å²) < 4.78 is 0. The van der Waals surface area contributed by atoms with Crippen LogP contribution in [0.4, 0.5) is 0 Å². The molecule has 0 spiro atoms. The summed E-state index contributed by atoms with van der Waals surface area (Å²) in [4.78, 5) is 0. The Morgan fingerprint density at radius 1 is 1.31 bits per heavy atom. The smallest absolute Gasteiger partial charge is 0.119 e. The summed E-state index contributed by atoms with van der Waals surface area (Å²) in [6.07, 6.45) is 0.917. The van der Waals surface area contributed by atoms with Gasteiger partial charge in [-0.1, -0.05) is 39.8 Å². The molecule has 0 aliphatic heterocycles. The van der Waals surface area contributed by atoms with Crippen molar-refractivity contribution >= 4 is 5.57 Å². The molecule has 0 aliphatic carbocycles. The van der Waals surface area contributed by atoms with Crippen LogP contribution < -0.4 is 0 Å². The maximum Gasteiger partial charge on any atom is 0.119 e. The third-order valence-electron chi connectivity index (χ3n) is 2.87. The van der Waals surface area contributed by atoms with E-state index in [1.54, 1.807) is 0 Å². The number of rotatable bonds is 2. The molecule has 0 fully saturated rings. The zero-order valence-electron chi connectivity index (χ0n) is 11.0. The quantitative estimate of drug-likeness (QED) is 0.785. The fourth-order valence-electron chi connectivity index (χ4n) is 1.92. The van der Waals surface area contributed by atoms with Gasteiger partial charge in [-0.25, -0.2) is 0 Å². The number of phenols is 1. The van der Waals surface area contributed by atoms with Gasteiger partial charge in [-0.15, -0.1) is 0 Å². The highest BCUT2D eigenvalue weighted by atomic mass is 16.3. The molecule has 0 bridgehead atoms. The number of phenolic OH excluding ortho intramolecular Hbond substituents is 1. The van der Waals surface area contributed by atoms with Crippen LogP contribution in [0.15, 0.2) is 18.7 Å². The molecule has 0 unspecified atom stereocenters. The van der Waals surface area contributed by atoms with Gasteiger partial charge in [0, 0.05) is 0 Å². The minimum Gasteiger partial charge on any atom is -0.508 e. The Bertz CT molecular complexity index is 408. The first-order valence-corrected chi connectivity index (χ1v) is 5.79. The topological polar surface area (TPSA) is 20.2 Å². The number of aryl methyl sites for hydroxylation is 1. The first-order chi connectivity index (χ1) is 7.27. The summed E-state index contributed by atoms with van der Waals surface area (Å²) in [5.74, 6) is 0.398. The lowest BCUT2D eigenvalue weighted by Gasteiger charge is -2.23. The van der Waals surface area contributed by atoms with Crippen molar-refractivity contribution in [2.24, 2.45) is 0 Å². The predicted octanol–water partition coefficient (Wildman–Crippen LogP) is 4.29. The van der Waals surface area contributed by atoms with E-state index >= 15 is 0 Å². The predicted molar refractivity (Wildman–Crippen MR) is 70.9 cm³/mol. The molecule has 0 saturated heterocycles. The Kier molecular flexibility index (Phi) is 3.47. The number of hydrogen-bond acceptors (Lipinski definition) is 1. The zero-order chi connectivity index (χ0) is 12.5. The van der Waals surface area contributed by atoms with Gasteiger partial charge in [0.15, 0.2) is 0 Å². The van der Waals surface area contributed by atoms with Crippen molar-refractivity contribution in [1.29, 1.82) is 0 Å². The lowest BCUT2D eigenvalue weighted by Crippen LogP contribution is -2.12. The van der Waals surface area contributed by atoms with Gasteiger partial charge in [0.1, 0.15) is 5.75 Å². The Morgan fingerprint density at radius 2 is 1.88 bits per heavy atom. The van der Waals surface area contributed by atoms with Gasteiger partial charge in [-0.2, -0.15) is 0 Å². The van der Waals surface area contributed by atoms with Crippen LogP contribution in [0.2, 0.25) is 0 Å². The largest absolute Gasteiger partial charge is 0.508 e. The molecule has 0 radical (unpaired) electrons. The molecule has 0 atom stereocenters. The van der Waals surface area contributed by atoms with E-state index in [0.29, 0.717) is 5.75 Å². The van der Waals surface area contributed by atoms with Crippen LogP contribution in [0.25, 0.3) is 5.57 Å². The van der Waals surface area contributed by atoms with E-state index in [0.717, 1.165) is 23.1 Å². The average molecular weight is 218 g/mol. The average Bonchev–Trinajstić information content (AvgIpc) is 2.14. The second kappa shape index (κ2) is 4.32. The van der Waals surface area contributed by atoms with Crippen LogP contribution >= 0.6 is 0 Å². The summed E-state index contributed by atoms with van der Waals surface area (Å²) in [6.45, 7) is 14.4. The lowest BCUT2D eigenvalue weighted by atomic mass is 9.83. The normalized spacial score (nSPS) is 11.6. The highest BCUT2D eigenvalue weighted by molar-refractivity contribution is 5.67. The van der Waals surface area contributed by atoms with Gasteiger partial charge in [0.25, 0.3) is 0 Å². The number of hydrogen-bond donors (Lipinski definition) is 1. The molecule has 0 aliphatic rings. The maximum atomic E-state index is 10.0. The molecule has 0 heterocycles. The van der Waals surface area contributed by atoms with Crippen LogP contribution in [0, 0.1) is 0 Å². The van der Waals surface area contributed by atoms with Crippen LogP contribution in [0.5, 0.6) is 5.75 Å².